The molecule has 30 heavy (non-hydrogen) atoms. The first-order valence-electron chi connectivity index (χ1n) is 9.72. The van der Waals surface area contributed by atoms with Crippen molar-refractivity contribution in [2.45, 2.75) is 19.3 Å². The number of hydrogen-bond acceptors (Lipinski definition) is 7. The molecule has 0 saturated carbocycles. The predicted molar refractivity (Wildman–Crippen MR) is 110 cm³/mol. The van der Waals surface area contributed by atoms with Crippen molar-refractivity contribution in [2.24, 2.45) is 0 Å². The molecule has 2 heterocycles. The van der Waals surface area contributed by atoms with Crippen LogP contribution in [0.5, 0.6) is 17.2 Å². The summed E-state index contributed by atoms with van der Waals surface area (Å²) in [7, 11) is 3.15. The van der Waals surface area contributed by atoms with E-state index in [1.807, 2.05) is 37.3 Å². The van der Waals surface area contributed by atoms with Gasteiger partial charge in [0, 0.05) is 24.6 Å². The maximum atomic E-state index is 12.7. The van der Waals surface area contributed by atoms with Crippen LogP contribution >= 0.6 is 0 Å². The zero-order valence-corrected chi connectivity index (χ0v) is 17.1. The molecule has 1 amide bonds. The van der Waals surface area contributed by atoms with E-state index >= 15 is 0 Å². The molecule has 1 unspecified atom stereocenters. The molecule has 0 aliphatic carbocycles. The van der Waals surface area contributed by atoms with Crippen molar-refractivity contribution < 1.29 is 23.5 Å². The summed E-state index contributed by atoms with van der Waals surface area (Å²) in [5, 5.41) is 4.10. The molecule has 156 valence electrons. The molecule has 1 aliphatic heterocycles. The summed E-state index contributed by atoms with van der Waals surface area (Å²) >= 11 is 0. The number of nitrogens with zero attached hydrogens (tertiary/aromatic N) is 3. The fraction of sp³-hybridized carbons (Fsp3) is 0.318. The average molecular weight is 409 g/mol. The SMILES string of the molecule is CCOc1cccc(-c2noc(C3CC(=O)N(c4ccc(OC)cc4OC)C3)n2)c1. The number of aromatic nitrogens is 2. The van der Waals surface area contributed by atoms with Crippen LogP contribution in [-0.4, -0.2) is 43.4 Å². The Hall–Kier alpha value is -3.55. The molecule has 1 aliphatic rings. The number of carbonyl (C=O) groups excluding carboxylic acids is 1. The van der Waals surface area contributed by atoms with Crippen LogP contribution in [0.3, 0.4) is 0 Å². The highest BCUT2D eigenvalue weighted by atomic mass is 16.5. The summed E-state index contributed by atoms with van der Waals surface area (Å²) in [4.78, 5) is 18.9. The fourth-order valence-corrected chi connectivity index (χ4v) is 3.52. The number of carbonyl (C=O) groups is 1. The van der Waals surface area contributed by atoms with E-state index in [1.54, 1.807) is 31.3 Å². The molecule has 1 fully saturated rings. The van der Waals surface area contributed by atoms with Crippen LogP contribution < -0.4 is 19.1 Å². The molecule has 0 bridgehead atoms. The third-order valence-corrected chi connectivity index (χ3v) is 5.00. The van der Waals surface area contributed by atoms with Crippen molar-refractivity contribution in [3.8, 4) is 28.6 Å². The van der Waals surface area contributed by atoms with Crippen molar-refractivity contribution in [1.82, 2.24) is 10.1 Å². The van der Waals surface area contributed by atoms with Crippen LogP contribution in [0.15, 0.2) is 47.0 Å². The third kappa shape index (κ3) is 3.80. The maximum absolute atomic E-state index is 12.7. The van der Waals surface area contributed by atoms with Gasteiger partial charge in [-0.3, -0.25) is 4.79 Å². The van der Waals surface area contributed by atoms with E-state index in [2.05, 4.69) is 10.1 Å². The van der Waals surface area contributed by atoms with E-state index in [0.717, 1.165) is 11.3 Å². The molecule has 4 rings (SSSR count). The van der Waals surface area contributed by atoms with Crippen molar-refractivity contribution in [3.63, 3.8) is 0 Å². The Morgan fingerprint density at radius 2 is 2.00 bits per heavy atom. The highest BCUT2D eigenvalue weighted by Crippen LogP contribution is 2.38. The topological polar surface area (TPSA) is 86.9 Å². The molecule has 8 heteroatoms. The molecular formula is C22H23N3O5. The van der Waals surface area contributed by atoms with Gasteiger partial charge in [0.15, 0.2) is 0 Å². The molecule has 0 radical (unpaired) electrons. The Morgan fingerprint density at radius 3 is 2.77 bits per heavy atom. The van der Waals surface area contributed by atoms with Gasteiger partial charge in [-0.15, -0.1) is 0 Å². The first kappa shape index (κ1) is 19.8. The lowest BCUT2D eigenvalue weighted by Gasteiger charge is -2.19. The quantitative estimate of drug-likeness (QED) is 0.588. The normalized spacial score (nSPS) is 16.0. The van der Waals surface area contributed by atoms with Crippen molar-refractivity contribution in [1.29, 1.82) is 0 Å². The second-order valence-corrected chi connectivity index (χ2v) is 6.86. The van der Waals surface area contributed by atoms with Crippen LogP contribution in [0.1, 0.15) is 25.2 Å². The first-order chi connectivity index (χ1) is 14.6. The van der Waals surface area contributed by atoms with Gasteiger partial charge in [0.25, 0.3) is 0 Å². The number of hydrogen-bond donors (Lipinski definition) is 0. The number of benzene rings is 2. The van der Waals surface area contributed by atoms with Gasteiger partial charge in [-0.2, -0.15) is 4.98 Å². The van der Waals surface area contributed by atoms with Crippen LogP contribution in [-0.2, 0) is 4.79 Å². The van der Waals surface area contributed by atoms with E-state index in [0.29, 0.717) is 42.1 Å². The van der Waals surface area contributed by atoms with Gasteiger partial charge in [0.1, 0.15) is 17.2 Å². The molecule has 0 N–H and O–H groups in total. The minimum atomic E-state index is -0.194. The zero-order chi connectivity index (χ0) is 21.1. The molecule has 2 aromatic carbocycles. The third-order valence-electron chi connectivity index (χ3n) is 5.00. The van der Waals surface area contributed by atoms with E-state index < -0.39 is 0 Å². The number of amides is 1. The summed E-state index contributed by atoms with van der Waals surface area (Å²) in [6.45, 7) is 2.94. The lowest BCUT2D eigenvalue weighted by Crippen LogP contribution is -2.24. The smallest absolute Gasteiger partial charge is 0.232 e. The Morgan fingerprint density at radius 1 is 1.13 bits per heavy atom. The van der Waals surface area contributed by atoms with Gasteiger partial charge < -0.3 is 23.6 Å². The molecule has 0 spiro atoms. The largest absolute Gasteiger partial charge is 0.497 e. The zero-order valence-electron chi connectivity index (χ0n) is 17.1. The van der Waals surface area contributed by atoms with Gasteiger partial charge in [0.05, 0.1) is 32.4 Å². The monoisotopic (exact) mass is 409 g/mol. The van der Waals surface area contributed by atoms with Gasteiger partial charge in [-0.1, -0.05) is 17.3 Å². The number of methoxy groups -OCH3 is 2. The summed E-state index contributed by atoms with van der Waals surface area (Å²) in [5.74, 6) is 2.67. The molecule has 3 aromatic rings. The minimum Gasteiger partial charge on any atom is -0.497 e. The van der Waals surface area contributed by atoms with Gasteiger partial charge in [-0.25, -0.2) is 0 Å². The molecule has 8 nitrogen and oxygen atoms in total. The van der Waals surface area contributed by atoms with E-state index in [-0.39, 0.29) is 18.2 Å². The number of ether oxygens (including phenoxy) is 3. The van der Waals surface area contributed by atoms with Crippen LogP contribution in [0.25, 0.3) is 11.4 Å². The lowest BCUT2D eigenvalue weighted by atomic mass is 10.1. The first-order valence-corrected chi connectivity index (χ1v) is 9.72. The van der Waals surface area contributed by atoms with E-state index in [9.17, 15) is 4.79 Å². The Kier molecular flexibility index (Phi) is 5.56. The fourth-order valence-electron chi connectivity index (χ4n) is 3.52. The predicted octanol–water partition coefficient (Wildman–Crippen LogP) is 3.67. The van der Waals surface area contributed by atoms with Crippen molar-refractivity contribution in [3.05, 3.63) is 48.4 Å². The van der Waals surface area contributed by atoms with Crippen molar-refractivity contribution >= 4 is 11.6 Å². The summed E-state index contributed by atoms with van der Waals surface area (Å²) in [6, 6.07) is 12.9. The van der Waals surface area contributed by atoms with Crippen molar-refractivity contribution in [2.75, 3.05) is 32.3 Å². The van der Waals surface area contributed by atoms with Gasteiger partial charge in [0.2, 0.25) is 17.6 Å². The lowest BCUT2D eigenvalue weighted by molar-refractivity contribution is -0.117. The van der Waals surface area contributed by atoms with E-state index in [4.69, 9.17) is 18.7 Å². The highest BCUT2D eigenvalue weighted by Gasteiger charge is 2.36. The average Bonchev–Trinajstić information content (AvgIpc) is 3.41. The second kappa shape index (κ2) is 8.44. The standard InChI is InChI=1S/C22H23N3O5/c1-4-29-17-7-5-6-14(10-17)21-23-22(30-24-21)15-11-20(26)25(13-15)18-9-8-16(27-2)12-19(18)28-3/h5-10,12,15H,4,11,13H2,1-3H3. The molecule has 1 saturated heterocycles. The number of rotatable bonds is 7. The minimum absolute atomic E-state index is 0.0263. The molecule has 1 atom stereocenters. The van der Waals surface area contributed by atoms with E-state index in [1.165, 1.54) is 0 Å². The summed E-state index contributed by atoms with van der Waals surface area (Å²) < 4.78 is 21.7. The highest BCUT2D eigenvalue weighted by molar-refractivity contribution is 5.97. The van der Waals surface area contributed by atoms with Gasteiger partial charge >= 0.3 is 0 Å². The van der Waals surface area contributed by atoms with Gasteiger partial charge in [-0.05, 0) is 31.2 Å². The maximum Gasteiger partial charge on any atom is 0.232 e. The number of anilines is 1. The molecular weight excluding hydrogens is 386 g/mol. The summed E-state index contributed by atoms with van der Waals surface area (Å²) in [5.41, 5.74) is 1.49. The Labute approximate surface area is 174 Å². The van der Waals surface area contributed by atoms with Crippen LogP contribution in [0, 0.1) is 0 Å². The Balaban J connectivity index is 1.55. The van der Waals surface area contributed by atoms with Crippen LogP contribution in [0.4, 0.5) is 5.69 Å². The summed E-state index contributed by atoms with van der Waals surface area (Å²) in [6.07, 6.45) is 0.288. The second-order valence-electron chi connectivity index (χ2n) is 6.86. The molecule has 1 aromatic heterocycles. The Bertz CT molecular complexity index is 1050. The van der Waals surface area contributed by atoms with Crippen LogP contribution in [0.2, 0.25) is 0 Å².